The molecule has 0 heterocycles. The zero-order chi connectivity index (χ0) is 20.4. The minimum absolute atomic E-state index is 0.362. The Labute approximate surface area is 186 Å². The Morgan fingerprint density at radius 1 is 0.448 bits per heavy atom. The normalized spacial score (nSPS) is 19.2. The minimum Gasteiger partial charge on any atom is -0.100 e. The Hall–Kier alpha value is 0.430. The molecule has 2 fully saturated rings. The molecule has 0 saturated heterocycles. The van der Waals surface area contributed by atoms with Gasteiger partial charge >= 0.3 is 0 Å². The van der Waals surface area contributed by atoms with Gasteiger partial charge in [0.1, 0.15) is 0 Å². The summed E-state index contributed by atoms with van der Waals surface area (Å²) in [5.41, 5.74) is 2.34. The van der Waals surface area contributed by atoms with Gasteiger partial charge < -0.3 is 0 Å². The van der Waals surface area contributed by atoms with E-state index in [1.807, 2.05) is 0 Å². The third-order valence-electron chi connectivity index (χ3n) is 7.86. The van der Waals surface area contributed by atoms with E-state index in [0.717, 1.165) is 0 Å². The van der Waals surface area contributed by atoms with Gasteiger partial charge in [-0.15, -0.1) is 7.92 Å². The first-order chi connectivity index (χ1) is 14.4. The maximum atomic E-state index is 2.31. The van der Waals surface area contributed by atoms with Crippen molar-refractivity contribution in [2.45, 2.75) is 172 Å². The molecule has 2 rings (SSSR count). The molecule has 0 aromatic heterocycles. The minimum atomic E-state index is 0.362. The lowest BCUT2D eigenvalue weighted by molar-refractivity contribution is 0.483. The molecule has 172 valence electrons. The summed E-state index contributed by atoms with van der Waals surface area (Å²) >= 11 is 0. The molecule has 0 unspecified atom stereocenters. The van der Waals surface area contributed by atoms with Gasteiger partial charge in [-0.3, -0.25) is 0 Å². The van der Waals surface area contributed by atoms with Crippen LogP contribution in [0.1, 0.15) is 161 Å². The van der Waals surface area contributed by atoms with Crippen LogP contribution < -0.4 is 0 Å². The molecule has 2 aliphatic rings. The molecular weight excluding hydrogens is 367 g/mol. The molecule has 0 aliphatic heterocycles. The van der Waals surface area contributed by atoms with Gasteiger partial charge in [-0.1, -0.05) is 129 Å². The summed E-state index contributed by atoms with van der Waals surface area (Å²) in [7, 11) is 0.362. The van der Waals surface area contributed by atoms with E-state index in [-0.39, 0.29) is 0 Å². The molecule has 0 aromatic carbocycles. The Kier molecular flexibility index (Phi) is 16.0. The van der Waals surface area contributed by atoms with Crippen molar-refractivity contribution < 1.29 is 0 Å². The molecule has 0 amide bonds. The van der Waals surface area contributed by atoms with Crippen molar-refractivity contribution in [1.29, 1.82) is 0 Å². The molecule has 2 aliphatic carbocycles. The van der Waals surface area contributed by atoms with Crippen LogP contribution in [0.4, 0.5) is 0 Å². The zero-order valence-corrected chi connectivity index (χ0v) is 21.2. The van der Waals surface area contributed by atoms with Crippen LogP contribution in [0.5, 0.6) is 0 Å². The zero-order valence-electron chi connectivity index (χ0n) is 20.3. The fourth-order valence-electron chi connectivity index (χ4n) is 5.98. The molecule has 0 atom stereocenters. The lowest BCUT2D eigenvalue weighted by Gasteiger charge is -2.38. The summed E-state index contributed by atoms with van der Waals surface area (Å²) in [4.78, 5) is 0. The van der Waals surface area contributed by atoms with Crippen molar-refractivity contribution in [3.8, 4) is 0 Å². The fraction of sp³-hybridized carbons (Fsp3) is 1.00. The SMILES string of the molecule is CCCCCCCCCCCCCCCCP(C1CCCCC1)C1CCCCC1. The summed E-state index contributed by atoms with van der Waals surface area (Å²) < 4.78 is 0. The highest BCUT2D eigenvalue weighted by atomic mass is 31.1. The van der Waals surface area contributed by atoms with E-state index < -0.39 is 0 Å². The summed E-state index contributed by atoms with van der Waals surface area (Å²) in [6, 6.07) is 0. The average molecular weight is 423 g/mol. The lowest BCUT2D eigenvalue weighted by Crippen LogP contribution is -2.22. The monoisotopic (exact) mass is 422 g/mol. The van der Waals surface area contributed by atoms with Gasteiger partial charge in [0.25, 0.3) is 0 Å². The molecular formula is C28H55P. The predicted octanol–water partition coefficient (Wildman–Crippen LogP) is 10.6. The quantitative estimate of drug-likeness (QED) is 0.161. The van der Waals surface area contributed by atoms with Crippen LogP contribution in [0.2, 0.25) is 0 Å². The Bertz CT molecular complexity index is 322. The smallest absolute Gasteiger partial charge is 0.0207 e. The van der Waals surface area contributed by atoms with E-state index in [4.69, 9.17) is 0 Å². The van der Waals surface area contributed by atoms with E-state index >= 15 is 0 Å². The molecule has 0 aromatic rings. The van der Waals surface area contributed by atoms with Crippen LogP contribution in [0.15, 0.2) is 0 Å². The van der Waals surface area contributed by atoms with Gasteiger partial charge in [0.05, 0.1) is 0 Å². The molecule has 0 nitrogen and oxygen atoms in total. The van der Waals surface area contributed by atoms with E-state index in [2.05, 4.69) is 6.92 Å². The van der Waals surface area contributed by atoms with Crippen LogP contribution in [0, 0.1) is 0 Å². The molecule has 1 heteroatoms. The van der Waals surface area contributed by atoms with Crippen molar-refractivity contribution in [3.63, 3.8) is 0 Å². The summed E-state index contributed by atoms with van der Waals surface area (Å²) in [6.07, 6.45) is 38.2. The van der Waals surface area contributed by atoms with Crippen LogP contribution in [0.3, 0.4) is 0 Å². The predicted molar refractivity (Wildman–Crippen MR) is 136 cm³/mol. The van der Waals surface area contributed by atoms with Crippen LogP contribution in [-0.2, 0) is 0 Å². The molecule has 0 N–H and O–H groups in total. The number of hydrogen-bond donors (Lipinski definition) is 0. The maximum Gasteiger partial charge on any atom is -0.0207 e. The first-order valence-corrected chi connectivity index (χ1v) is 15.8. The Morgan fingerprint density at radius 2 is 0.793 bits per heavy atom. The van der Waals surface area contributed by atoms with Crippen LogP contribution in [-0.4, -0.2) is 17.5 Å². The maximum absolute atomic E-state index is 2.31. The third kappa shape index (κ3) is 12.1. The van der Waals surface area contributed by atoms with Gasteiger partial charge in [0.15, 0.2) is 0 Å². The molecule has 0 radical (unpaired) electrons. The van der Waals surface area contributed by atoms with E-state index in [1.54, 1.807) is 63.9 Å². The second kappa shape index (κ2) is 18.0. The van der Waals surface area contributed by atoms with Crippen molar-refractivity contribution in [1.82, 2.24) is 0 Å². The number of hydrogen-bond acceptors (Lipinski definition) is 0. The highest BCUT2D eigenvalue weighted by molar-refractivity contribution is 7.59. The summed E-state index contributed by atoms with van der Waals surface area (Å²) in [6.45, 7) is 2.31. The fourth-order valence-corrected chi connectivity index (χ4v) is 9.95. The van der Waals surface area contributed by atoms with E-state index in [0.29, 0.717) is 7.92 Å². The Morgan fingerprint density at radius 3 is 1.17 bits per heavy atom. The second-order valence-corrected chi connectivity index (χ2v) is 13.4. The summed E-state index contributed by atoms with van der Waals surface area (Å²) in [5, 5.41) is 0. The van der Waals surface area contributed by atoms with Crippen molar-refractivity contribution in [3.05, 3.63) is 0 Å². The highest BCUT2D eigenvalue weighted by Crippen LogP contribution is 2.56. The summed E-state index contributed by atoms with van der Waals surface area (Å²) in [5.74, 6) is 0. The van der Waals surface area contributed by atoms with Crippen LogP contribution in [0.25, 0.3) is 0 Å². The molecule has 0 spiro atoms. The largest absolute Gasteiger partial charge is 0.100 e. The number of rotatable bonds is 17. The van der Waals surface area contributed by atoms with E-state index in [9.17, 15) is 0 Å². The topological polar surface area (TPSA) is 0 Å². The van der Waals surface area contributed by atoms with Crippen molar-refractivity contribution >= 4 is 7.92 Å². The Balaban J connectivity index is 1.45. The van der Waals surface area contributed by atoms with E-state index in [1.165, 1.54) is 108 Å². The van der Waals surface area contributed by atoms with Crippen molar-refractivity contribution in [2.75, 3.05) is 6.16 Å². The molecule has 29 heavy (non-hydrogen) atoms. The molecule has 0 bridgehead atoms. The van der Waals surface area contributed by atoms with Crippen LogP contribution >= 0.6 is 7.92 Å². The van der Waals surface area contributed by atoms with Gasteiger partial charge in [0, 0.05) is 0 Å². The second-order valence-electron chi connectivity index (χ2n) is 10.4. The average Bonchev–Trinajstić information content (AvgIpc) is 2.78. The van der Waals surface area contributed by atoms with Gasteiger partial charge in [0.2, 0.25) is 0 Å². The standard InChI is InChI=1S/C28H55P/c1-2-3-4-5-6-7-8-9-10-11-12-13-14-21-26-29(27-22-17-15-18-23-27)28-24-19-16-20-25-28/h27-28H,2-26H2,1H3. The first kappa shape index (κ1) is 25.7. The van der Waals surface area contributed by atoms with Gasteiger partial charge in [-0.2, -0.15) is 0 Å². The highest BCUT2D eigenvalue weighted by Gasteiger charge is 2.30. The first-order valence-electron chi connectivity index (χ1n) is 14.2. The van der Waals surface area contributed by atoms with Gasteiger partial charge in [-0.05, 0) is 49.6 Å². The third-order valence-corrected chi connectivity index (χ3v) is 11.6. The number of unbranched alkanes of at least 4 members (excludes halogenated alkanes) is 13. The lowest BCUT2D eigenvalue weighted by atomic mass is 9.99. The van der Waals surface area contributed by atoms with Crippen molar-refractivity contribution in [2.24, 2.45) is 0 Å². The van der Waals surface area contributed by atoms with Gasteiger partial charge in [-0.25, -0.2) is 0 Å². The molecule has 2 saturated carbocycles.